The molecule has 3 heteroatoms. The van der Waals surface area contributed by atoms with Crippen LogP contribution in [0.3, 0.4) is 0 Å². The van der Waals surface area contributed by atoms with Gasteiger partial charge in [0, 0.05) is 18.1 Å². The van der Waals surface area contributed by atoms with Crippen LogP contribution in [0.1, 0.15) is 31.2 Å². The SMILES string of the molecule is CC(C)c1cccc(NCc2ncccn2)c1. The van der Waals surface area contributed by atoms with Crippen LogP contribution in [0, 0.1) is 0 Å². The van der Waals surface area contributed by atoms with Crippen LogP contribution in [0.2, 0.25) is 0 Å². The Bertz CT molecular complexity index is 466. The van der Waals surface area contributed by atoms with Crippen molar-refractivity contribution in [2.24, 2.45) is 0 Å². The standard InChI is InChI=1S/C14H17N3/c1-11(2)12-5-3-6-13(9-12)17-10-14-15-7-4-8-16-14/h3-9,11,17H,10H2,1-2H3. The Kier molecular flexibility index (Phi) is 3.70. The first-order valence-electron chi connectivity index (χ1n) is 5.85. The molecule has 3 nitrogen and oxygen atoms in total. The molecule has 88 valence electrons. The average Bonchev–Trinajstić information content (AvgIpc) is 2.38. The van der Waals surface area contributed by atoms with Gasteiger partial charge in [-0.25, -0.2) is 9.97 Å². The molecule has 0 aliphatic carbocycles. The minimum atomic E-state index is 0.546. The van der Waals surface area contributed by atoms with E-state index in [2.05, 4.69) is 53.4 Å². The molecule has 0 aliphatic rings. The van der Waals surface area contributed by atoms with Gasteiger partial charge in [0.25, 0.3) is 0 Å². The van der Waals surface area contributed by atoms with E-state index in [9.17, 15) is 0 Å². The fourth-order valence-electron chi connectivity index (χ4n) is 1.61. The Morgan fingerprint density at radius 3 is 2.59 bits per heavy atom. The van der Waals surface area contributed by atoms with Gasteiger partial charge in [0.1, 0.15) is 5.82 Å². The molecule has 0 saturated carbocycles. The number of nitrogens with one attached hydrogen (secondary N) is 1. The lowest BCUT2D eigenvalue weighted by Crippen LogP contribution is -2.03. The maximum Gasteiger partial charge on any atom is 0.147 e. The highest BCUT2D eigenvalue weighted by atomic mass is 15.0. The van der Waals surface area contributed by atoms with E-state index in [1.165, 1.54) is 5.56 Å². The van der Waals surface area contributed by atoms with Crippen molar-refractivity contribution >= 4 is 5.69 Å². The predicted octanol–water partition coefficient (Wildman–Crippen LogP) is 3.21. The molecule has 1 heterocycles. The number of nitrogens with zero attached hydrogens (tertiary/aromatic N) is 2. The Labute approximate surface area is 102 Å². The van der Waals surface area contributed by atoms with Crippen molar-refractivity contribution in [2.45, 2.75) is 26.3 Å². The molecular weight excluding hydrogens is 210 g/mol. The first-order chi connectivity index (χ1) is 8.25. The van der Waals surface area contributed by atoms with Crippen molar-refractivity contribution in [2.75, 3.05) is 5.32 Å². The number of benzene rings is 1. The summed E-state index contributed by atoms with van der Waals surface area (Å²) in [7, 11) is 0. The monoisotopic (exact) mass is 227 g/mol. The summed E-state index contributed by atoms with van der Waals surface area (Å²) in [5.74, 6) is 1.35. The molecule has 0 spiro atoms. The van der Waals surface area contributed by atoms with E-state index in [0.29, 0.717) is 12.5 Å². The highest BCUT2D eigenvalue weighted by Crippen LogP contribution is 2.18. The van der Waals surface area contributed by atoms with Gasteiger partial charge < -0.3 is 5.32 Å². The number of rotatable bonds is 4. The Balaban J connectivity index is 2.02. The second-order valence-corrected chi connectivity index (χ2v) is 4.30. The first kappa shape index (κ1) is 11.6. The molecule has 1 aromatic heterocycles. The summed E-state index contributed by atoms with van der Waals surface area (Å²) >= 11 is 0. The van der Waals surface area contributed by atoms with Gasteiger partial charge in [-0.1, -0.05) is 26.0 Å². The van der Waals surface area contributed by atoms with Gasteiger partial charge >= 0.3 is 0 Å². The molecule has 0 bridgehead atoms. The summed E-state index contributed by atoms with van der Waals surface area (Å²) in [5, 5.41) is 3.33. The van der Waals surface area contributed by atoms with Gasteiger partial charge in [-0.15, -0.1) is 0 Å². The summed E-state index contributed by atoms with van der Waals surface area (Å²) in [6, 6.07) is 10.3. The van der Waals surface area contributed by atoms with Crippen molar-refractivity contribution in [3.05, 3.63) is 54.1 Å². The molecule has 0 aliphatic heterocycles. The van der Waals surface area contributed by atoms with E-state index in [0.717, 1.165) is 11.5 Å². The van der Waals surface area contributed by atoms with E-state index in [-0.39, 0.29) is 0 Å². The average molecular weight is 227 g/mol. The predicted molar refractivity (Wildman–Crippen MR) is 69.9 cm³/mol. The number of hydrogen-bond donors (Lipinski definition) is 1. The molecule has 0 radical (unpaired) electrons. The van der Waals surface area contributed by atoms with Crippen LogP contribution in [0.15, 0.2) is 42.7 Å². The lowest BCUT2D eigenvalue weighted by molar-refractivity contribution is 0.866. The molecule has 1 N–H and O–H groups in total. The van der Waals surface area contributed by atoms with Gasteiger partial charge in [0.2, 0.25) is 0 Å². The minimum Gasteiger partial charge on any atom is -0.378 e. The molecule has 0 unspecified atom stereocenters. The smallest absolute Gasteiger partial charge is 0.147 e. The quantitative estimate of drug-likeness (QED) is 0.871. The molecule has 1 aromatic carbocycles. The third kappa shape index (κ3) is 3.28. The zero-order valence-corrected chi connectivity index (χ0v) is 10.2. The minimum absolute atomic E-state index is 0.546. The van der Waals surface area contributed by atoms with Crippen molar-refractivity contribution in [3.63, 3.8) is 0 Å². The van der Waals surface area contributed by atoms with E-state index in [1.54, 1.807) is 12.4 Å². The summed E-state index contributed by atoms with van der Waals surface area (Å²) in [4.78, 5) is 8.36. The lowest BCUT2D eigenvalue weighted by Gasteiger charge is -2.09. The zero-order chi connectivity index (χ0) is 12.1. The van der Waals surface area contributed by atoms with Crippen LogP contribution in [0.5, 0.6) is 0 Å². The van der Waals surface area contributed by atoms with Crippen molar-refractivity contribution < 1.29 is 0 Å². The number of anilines is 1. The second kappa shape index (κ2) is 5.43. The Hall–Kier alpha value is -1.90. The van der Waals surface area contributed by atoms with Crippen LogP contribution in [-0.2, 0) is 6.54 Å². The summed E-state index contributed by atoms with van der Waals surface area (Å²) < 4.78 is 0. The van der Waals surface area contributed by atoms with Crippen LogP contribution < -0.4 is 5.32 Å². The fraction of sp³-hybridized carbons (Fsp3) is 0.286. The van der Waals surface area contributed by atoms with E-state index in [1.807, 2.05) is 6.07 Å². The van der Waals surface area contributed by atoms with Crippen molar-refractivity contribution in [3.8, 4) is 0 Å². The van der Waals surface area contributed by atoms with Crippen LogP contribution in [-0.4, -0.2) is 9.97 Å². The Morgan fingerprint density at radius 1 is 1.12 bits per heavy atom. The van der Waals surface area contributed by atoms with Crippen LogP contribution in [0.25, 0.3) is 0 Å². The molecule has 0 saturated heterocycles. The van der Waals surface area contributed by atoms with Crippen LogP contribution in [0.4, 0.5) is 5.69 Å². The molecule has 17 heavy (non-hydrogen) atoms. The highest BCUT2D eigenvalue weighted by Gasteiger charge is 2.00. The zero-order valence-electron chi connectivity index (χ0n) is 10.2. The van der Waals surface area contributed by atoms with Crippen molar-refractivity contribution in [1.29, 1.82) is 0 Å². The maximum absolute atomic E-state index is 4.18. The largest absolute Gasteiger partial charge is 0.378 e. The summed E-state index contributed by atoms with van der Waals surface area (Å²) in [5.41, 5.74) is 2.45. The molecule has 2 aromatic rings. The maximum atomic E-state index is 4.18. The summed E-state index contributed by atoms with van der Waals surface area (Å²) in [6.45, 7) is 5.04. The van der Waals surface area contributed by atoms with Gasteiger partial charge in [0.15, 0.2) is 0 Å². The molecule has 0 fully saturated rings. The van der Waals surface area contributed by atoms with Crippen LogP contribution >= 0.6 is 0 Å². The lowest BCUT2D eigenvalue weighted by atomic mass is 10.0. The third-order valence-corrected chi connectivity index (χ3v) is 2.62. The highest BCUT2D eigenvalue weighted by molar-refractivity contribution is 5.46. The summed E-state index contributed by atoms with van der Waals surface area (Å²) in [6.07, 6.45) is 3.52. The van der Waals surface area contributed by atoms with E-state index in [4.69, 9.17) is 0 Å². The van der Waals surface area contributed by atoms with E-state index < -0.39 is 0 Å². The van der Waals surface area contributed by atoms with E-state index >= 15 is 0 Å². The number of aromatic nitrogens is 2. The molecule has 0 amide bonds. The first-order valence-corrected chi connectivity index (χ1v) is 5.85. The third-order valence-electron chi connectivity index (χ3n) is 2.62. The Morgan fingerprint density at radius 2 is 1.88 bits per heavy atom. The topological polar surface area (TPSA) is 37.8 Å². The fourth-order valence-corrected chi connectivity index (χ4v) is 1.61. The number of hydrogen-bond acceptors (Lipinski definition) is 3. The second-order valence-electron chi connectivity index (χ2n) is 4.30. The van der Waals surface area contributed by atoms with Crippen molar-refractivity contribution in [1.82, 2.24) is 9.97 Å². The normalized spacial score (nSPS) is 10.5. The molecular formula is C14H17N3. The van der Waals surface area contributed by atoms with Gasteiger partial charge in [0.05, 0.1) is 6.54 Å². The molecule has 0 atom stereocenters. The van der Waals surface area contributed by atoms with Gasteiger partial charge in [-0.2, -0.15) is 0 Å². The van der Waals surface area contributed by atoms with Gasteiger partial charge in [-0.3, -0.25) is 0 Å². The van der Waals surface area contributed by atoms with Gasteiger partial charge in [-0.05, 0) is 29.7 Å². The molecule has 2 rings (SSSR count).